The fraction of sp³-hybridized carbons (Fsp3) is 0.304. The molecule has 1 atom stereocenters. The monoisotopic (exact) mass is 443 g/mol. The molecule has 6 nitrogen and oxygen atoms in total. The molecule has 2 heterocycles. The van der Waals surface area contributed by atoms with Crippen LogP contribution in [0.1, 0.15) is 28.8 Å². The lowest BCUT2D eigenvalue weighted by atomic mass is 10.0. The molecule has 3 N–H and O–H groups in total. The van der Waals surface area contributed by atoms with E-state index in [9.17, 15) is 23.5 Å². The minimum Gasteiger partial charge on any atom is -0.477 e. The highest BCUT2D eigenvalue weighted by Gasteiger charge is 2.54. The summed E-state index contributed by atoms with van der Waals surface area (Å²) in [5, 5.41) is 9.29. The molecule has 1 aliphatic heterocycles. The highest BCUT2D eigenvalue weighted by molar-refractivity contribution is 5.96. The predicted octanol–water partition coefficient (Wildman–Crippen LogP) is 3.34. The van der Waals surface area contributed by atoms with Gasteiger partial charge in [-0.1, -0.05) is 0 Å². The summed E-state index contributed by atoms with van der Waals surface area (Å²) >= 11 is 0. The number of hydrogen-bond acceptors (Lipinski definition) is 4. The van der Waals surface area contributed by atoms with Crippen molar-refractivity contribution in [3.63, 3.8) is 0 Å². The number of carbonyl (C=O) groups is 1. The first-order chi connectivity index (χ1) is 15.1. The van der Waals surface area contributed by atoms with E-state index in [-0.39, 0.29) is 33.7 Å². The first-order valence-corrected chi connectivity index (χ1v) is 10.2. The molecule has 3 aromatic rings. The normalized spacial score (nSPS) is 19.2. The minimum atomic E-state index is -1.53. The number of aryl methyl sites for hydroxylation is 1. The summed E-state index contributed by atoms with van der Waals surface area (Å²) in [4.78, 5) is 26.3. The molecule has 1 aromatic heterocycles. The van der Waals surface area contributed by atoms with Gasteiger partial charge in [0.15, 0.2) is 0 Å². The standard InChI is InChI=1S/C23H20F3N3O3/c1-11-19-13(7-16(26)20(11)28-9-18(27)23(10-28)4-5-23)21(30)14(22(31)32)8-29(19)17-3-2-12(24)6-15(17)25/h2-3,6-8,18H,4-5,9-10,27H2,1H3,(H,31,32). The number of nitrogens with zero attached hydrogens (tertiary/aromatic N) is 2. The number of benzene rings is 2. The molecule has 0 radical (unpaired) electrons. The van der Waals surface area contributed by atoms with Crippen LogP contribution >= 0.6 is 0 Å². The smallest absolute Gasteiger partial charge is 0.341 e. The summed E-state index contributed by atoms with van der Waals surface area (Å²) in [7, 11) is 0. The van der Waals surface area contributed by atoms with E-state index in [0.717, 1.165) is 37.2 Å². The summed E-state index contributed by atoms with van der Waals surface area (Å²) in [6.07, 6.45) is 2.93. The zero-order chi connectivity index (χ0) is 22.9. The molecule has 0 bridgehead atoms. The van der Waals surface area contributed by atoms with Gasteiger partial charge >= 0.3 is 5.97 Å². The summed E-state index contributed by atoms with van der Waals surface area (Å²) in [6.45, 7) is 2.60. The molecule has 5 rings (SSSR count). The number of carboxylic acid groups (broad SMARTS) is 1. The molecule has 2 aliphatic rings. The van der Waals surface area contributed by atoms with Crippen LogP contribution in [-0.2, 0) is 0 Å². The van der Waals surface area contributed by atoms with E-state index in [1.165, 1.54) is 4.57 Å². The fourth-order valence-electron chi connectivity index (χ4n) is 4.90. The summed E-state index contributed by atoms with van der Waals surface area (Å²) in [6, 6.07) is 3.72. The number of aromatic carboxylic acids is 1. The third kappa shape index (κ3) is 2.91. The molecule has 2 fully saturated rings. The van der Waals surface area contributed by atoms with Crippen molar-refractivity contribution in [3.05, 3.63) is 69.3 Å². The van der Waals surface area contributed by atoms with Crippen molar-refractivity contribution in [2.75, 3.05) is 18.0 Å². The molecule has 1 saturated heterocycles. The maximum atomic E-state index is 15.3. The highest BCUT2D eigenvalue weighted by Crippen LogP contribution is 2.53. The molecule has 2 aromatic carbocycles. The first-order valence-electron chi connectivity index (χ1n) is 10.2. The lowest BCUT2D eigenvalue weighted by Crippen LogP contribution is -2.30. The van der Waals surface area contributed by atoms with Crippen molar-refractivity contribution in [2.45, 2.75) is 25.8 Å². The predicted molar refractivity (Wildman–Crippen MR) is 113 cm³/mol. The minimum absolute atomic E-state index is 0.0380. The average Bonchev–Trinajstić information content (AvgIpc) is 3.42. The molecular weight excluding hydrogens is 423 g/mol. The van der Waals surface area contributed by atoms with E-state index in [1.54, 1.807) is 6.92 Å². The SMILES string of the molecule is Cc1c(N2CC(N)C3(CC3)C2)c(F)cc2c(=O)c(C(=O)O)cn(-c3ccc(F)cc3F)c12. The number of carboxylic acids is 1. The van der Waals surface area contributed by atoms with Crippen molar-refractivity contribution in [1.82, 2.24) is 4.57 Å². The van der Waals surface area contributed by atoms with Crippen molar-refractivity contribution >= 4 is 22.6 Å². The third-order valence-electron chi connectivity index (χ3n) is 6.77. The van der Waals surface area contributed by atoms with Crippen molar-refractivity contribution in [3.8, 4) is 5.69 Å². The molecule has 1 saturated carbocycles. The maximum Gasteiger partial charge on any atom is 0.341 e. The van der Waals surface area contributed by atoms with Gasteiger partial charge in [-0.05, 0) is 38.0 Å². The molecule has 166 valence electrons. The number of aromatic nitrogens is 1. The third-order valence-corrected chi connectivity index (χ3v) is 6.77. The zero-order valence-corrected chi connectivity index (χ0v) is 17.2. The van der Waals surface area contributed by atoms with Gasteiger partial charge < -0.3 is 20.3 Å². The van der Waals surface area contributed by atoms with Gasteiger partial charge in [-0.15, -0.1) is 0 Å². The lowest BCUT2D eigenvalue weighted by Gasteiger charge is -2.24. The second-order valence-electron chi connectivity index (χ2n) is 8.72. The van der Waals surface area contributed by atoms with Crippen LogP contribution in [0.4, 0.5) is 18.9 Å². The summed E-state index contributed by atoms with van der Waals surface area (Å²) in [5.74, 6) is -3.96. The Morgan fingerprint density at radius 1 is 1.19 bits per heavy atom. The summed E-state index contributed by atoms with van der Waals surface area (Å²) in [5.41, 5.74) is 5.32. The number of fused-ring (bicyclic) bond motifs is 1. The Labute approximate surface area is 180 Å². The van der Waals surface area contributed by atoms with Crippen LogP contribution in [0.3, 0.4) is 0 Å². The Morgan fingerprint density at radius 3 is 2.50 bits per heavy atom. The van der Waals surface area contributed by atoms with Gasteiger partial charge in [-0.2, -0.15) is 0 Å². The van der Waals surface area contributed by atoms with Crippen molar-refractivity contribution in [1.29, 1.82) is 0 Å². The largest absolute Gasteiger partial charge is 0.477 e. The van der Waals surface area contributed by atoms with Crippen LogP contribution in [0.25, 0.3) is 16.6 Å². The molecule has 9 heteroatoms. The maximum absolute atomic E-state index is 15.3. The van der Waals surface area contributed by atoms with Gasteiger partial charge in [0.2, 0.25) is 5.43 Å². The van der Waals surface area contributed by atoms with Crippen LogP contribution in [0.2, 0.25) is 0 Å². The average molecular weight is 443 g/mol. The Hall–Kier alpha value is -3.33. The summed E-state index contributed by atoms with van der Waals surface area (Å²) < 4.78 is 44.7. The van der Waals surface area contributed by atoms with Crippen molar-refractivity contribution in [2.24, 2.45) is 11.1 Å². The van der Waals surface area contributed by atoms with E-state index >= 15 is 4.39 Å². The molecule has 1 unspecified atom stereocenters. The van der Waals surface area contributed by atoms with Crippen LogP contribution in [-0.4, -0.2) is 34.8 Å². The number of rotatable bonds is 3. The molecule has 1 spiro atoms. The number of anilines is 1. The Bertz CT molecular complexity index is 1360. The quantitative estimate of drug-likeness (QED) is 0.648. The second-order valence-corrected chi connectivity index (χ2v) is 8.72. The van der Waals surface area contributed by atoms with E-state index in [0.29, 0.717) is 24.7 Å². The molecule has 1 aliphatic carbocycles. The topological polar surface area (TPSA) is 88.6 Å². The molecular formula is C23H20F3N3O3. The van der Waals surface area contributed by atoms with Gasteiger partial charge in [-0.25, -0.2) is 18.0 Å². The van der Waals surface area contributed by atoms with Gasteiger partial charge in [-0.3, -0.25) is 4.79 Å². The van der Waals surface area contributed by atoms with E-state index in [2.05, 4.69) is 0 Å². The fourth-order valence-corrected chi connectivity index (χ4v) is 4.90. The first kappa shape index (κ1) is 20.6. The van der Waals surface area contributed by atoms with E-state index in [4.69, 9.17) is 5.73 Å². The van der Waals surface area contributed by atoms with Crippen LogP contribution < -0.4 is 16.1 Å². The molecule has 0 amide bonds. The number of pyridine rings is 1. The second kappa shape index (κ2) is 6.83. The van der Waals surface area contributed by atoms with Crippen LogP contribution in [0.5, 0.6) is 0 Å². The highest BCUT2D eigenvalue weighted by atomic mass is 19.1. The lowest BCUT2D eigenvalue weighted by molar-refractivity contribution is 0.0695. The van der Waals surface area contributed by atoms with Gasteiger partial charge in [0.05, 0.1) is 22.3 Å². The van der Waals surface area contributed by atoms with Crippen LogP contribution in [0.15, 0.2) is 35.3 Å². The van der Waals surface area contributed by atoms with Crippen molar-refractivity contribution < 1.29 is 23.1 Å². The molecule has 32 heavy (non-hydrogen) atoms. The van der Waals surface area contributed by atoms with Gasteiger partial charge in [0, 0.05) is 42.4 Å². The van der Waals surface area contributed by atoms with E-state index < -0.39 is 34.4 Å². The number of halogens is 3. The van der Waals surface area contributed by atoms with Gasteiger partial charge in [0.1, 0.15) is 23.0 Å². The zero-order valence-electron chi connectivity index (χ0n) is 17.2. The Morgan fingerprint density at radius 2 is 1.91 bits per heavy atom. The van der Waals surface area contributed by atoms with Crippen LogP contribution in [0, 0.1) is 29.8 Å². The number of hydrogen-bond donors (Lipinski definition) is 2. The Kier molecular flexibility index (Phi) is 4.39. The van der Waals surface area contributed by atoms with Gasteiger partial charge in [0.25, 0.3) is 0 Å². The number of nitrogens with two attached hydrogens (primary N) is 1. The Balaban J connectivity index is 1.83. The van der Waals surface area contributed by atoms with E-state index in [1.807, 2.05) is 4.90 Å².